The van der Waals surface area contributed by atoms with Crippen molar-refractivity contribution in [2.75, 3.05) is 13.4 Å². The zero-order valence-electron chi connectivity index (χ0n) is 14.5. The van der Waals surface area contributed by atoms with Gasteiger partial charge in [-0.15, -0.1) is 0 Å². The van der Waals surface area contributed by atoms with Gasteiger partial charge in [0.2, 0.25) is 0 Å². The first-order valence-electron chi connectivity index (χ1n) is 7.69. The Morgan fingerprint density at radius 2 is 1.65 bits per heavy atom. The van der Waals surface area contributed by atoms with Gasteiger partial charge >= 0.3 is 5.97 Å². The summed E-state index contributed by atoms with van der Waals surface area (Å²) in [5.41, 5.74) is 2.92. The summed E-state index contributed by atoms with van der Waals surface area (Å²) in [6.07, 6.45) is 4.40. The van der Waals surface area contributed by atoms with Crippen molar-refractivity contribution >= 4 is 15.8 Å². The second kappa shape index (κ2) is 6.72. The zero-order chi connectivity index (χ0) is 18.9. The van der Waals surface area contributed by atoms with Gasteiger partial charge in [0.05, 0.1) is 12.0 Å². The summed E-state index contributed by atoms with van der Waals surface area (Å²) >= 11 is 0. The summed E-state index contributed by atoms with van der Waals surface area (Å²) < 4.78 is 29.7. The standard InChI is InChI=1S/C18H17N3O4S/c1-21-17(18(22)25-2)15(12-8-10-19-11-9-12)16(20-21)13-4-6-14(7-5-13)26(3,23)24/h4-11H,1-3H3. The molecule has 26 heavy (non-hydrogen) atoms. The van der Waals surface area contributed by atoms with E-state index >= 15 is 0 Å². The number of hydrogen-bond acceptors (Lipinski definition) is 6. The van der Waals surface area contributed by atoms with E-state index in [1.54, 1.807) is 43.7 Å². The van der Waals surface area contributed by atoms with Gasteiger partial charge in [-0.05, 0) is 29.8 Å². The van der Waals surface area contributed by atoms with Crippen LogP contribution in [-0.2, 0) is 21.6 Å². The van der Waals surface area contributed by atoms with Crippen LogP contribution in [0.25, 0.3) is 22.4 Å². The van der Waals surface area contributed by atoms with Gasteiger partial charge in [-0.25, -0.2) is 13.2 Å². The van der Waals surface area contributed by atoms with E-state index in [1.165, 1.54) is 23.9 Å². The number of aryl methyl sites for hydroxylation is 1. The fourth-order valence-electron chi connectivity index (χ4n) is 2.71. The molecule has 1 aromatic carbocycles. The number of hydrogen-bond donors (Lipinski definition) is 0. The van der Waals surface area contributed by atoms with E-state index < -0.39 is 15.8 Å². The van der Waals surface area contributed by atoms with Crippen molar-refractivity contribution in [3.63, 3.8) is 0 Å². The maximum Gasteiger partial charge on any atom is 0.356 e. The van der Waals surface area contributed by atoms with Gasteiger partial charge in [-0.3, -0.25) is 9.67 Å². The molecule has 134 valence electrons. The van der Waals surface area contributed by atoms with Crippen molar-refractivity contribution in [3.8, 4) is 22.4 Å². The van der Waals surface area contributed by atoms with Gasteiger partial charge in [-0.2, -0.15) is 5.10 Å². The molecule has 3 rings (SSSR count). The Morgan fingerprint density at radius 1 is 1.04 bits per heavy atom. The number of benzene rings is 1. The van der Waals surface area contributed by atoms with Crippen molar-refractivity contribution in [1.29, 1.82) is 0 Å². The molecule has 0 N–H and O–H groups in total. The molecule has 0 atom stereocenters. The summed E-state index contributed by atoms with van der Waals surface area (Å²) in [4.78, 5) is 16.5. The van der Waals surface area contributed by atoms with Crippen molar-refractivity contribution in [1.82, 2.24) is 14.8 Å². The predicted octanol–water partition coefficient (Wildman–Crippen LogP) is 2.34. The van der Waals surface area contributed by atoms with Gasteiger partial charge < -0.3 is 4.74 Å². The number of rotatable bonds is 4. The average molecular weight is 371 g/mol. The maximum atomic E-state index is 12.3. The number of ether oxygens (including phenoxy) is 1. The first-order chi connectivity index (χ1) is 12.3. The van der Waals surface area contributed by atoms with Gasteiger partial charge in [0.25, 0.3) is 0 Å². The zero-order valence-corrected chi connectivity index (χ0v) is 15.3. The fraction of sp³-hybridized carbons (Fsp3) is 0.167. The molecule has 0 aliphatic rings. The highest BCUT2D eigenvalue weighted by molar-refractivity contribution is 7.90. The van der Waals surface area contributed by atoms with E-state index in [9.17, 15) is 13.2 Å². The van der Waals surface area contributed by atoms with Crippen molar-refractivity contribution < 1.29 is 17.9 Å². The molecule has 0 amide bonds. The number of methoxy groups -OCH3 is 1. The van der Waals surface area contributed by atoms with Crippen molar-refractivity contribution in [2.45, 2.75) is 4.90 Å². The molecule has 0 unspecified atom stereocenters. The van der Waals surface area contributed by atoms with Crippen LogP contribution in [-0.4, -0.2) is 42.5 Å². The second-order valence-electron chi connectivity index (χ2n) is 5.72. The number of carbonyl (C=O) groups excluding carboxylic acids is 1. The van der Waals surface area contributed by atoms with E-state index in [0.717, 1.165) is 11.8 Å². The van der Waals surface area contributed by atoms with Crippen molar-refractivity contribution in [2.24, 2.45) is 7.05 Å². The quantitative estimate of drug-likeness (QED) is 0.654. The number of carbonyl (C=O) groups is 1. The Labute approximate surface area is 151 Å². The largest absolute Gasteiger partial charge is 0.464 e. The third kappa shape index (κ3) is 3.23. The minimum absolute atomic E-state index is 0.218. The summed E-state index contributed by atoms with van der Waals surface area (Å²) in [5.74, 6) is -0.509. The molecule has 0 aliphatic heterocycles. The Hall–Kier alpha value is -3.00. The number of nitrogens with zero attached hydrogens (tertiary/aromatic N) is 3. The number of pyridine rings is 1. The lowest BCUT2D eigenvalue weighted by Crippen LogP contribution is -2.09. The molecule has 0 fully saturated rings. The molecular weight excluding hydrogens is 354 g/mol. The van der Waals surface area contributed by atoms with Crippen LogP contribution < -0.4 is 0 Å². The minimum Gasteiger partial charge on any atom is -0.464 e. The molecule has 0 radical (unpaired) electrons. The summed E-state index contributed by atoms with van der Waals surface area (Å²) in [6, 6.07) is 9.94. The highest BCUT2D eigenvalue weighted by Crippen LogP contribution is 2.34. The Bertz CT molecular complexity index is 1060. The van der Waals surface area contributed by atoms with Crippen LogP contribution in [0.3, 0.4) is 0 Å². The van der Waals surface area contributed by atoms with Crippen molar-refractivity contribution in [3.05, 3.63) is 54.5 Å². The van der Waals surface area contributed by atoms with Crippen LogP contribution in [0.2, 0.25) is 0 Å². The smallest absolute Gasteiger partial charge is 0.356 e. The predicted molar refractivity (Wildman–Crippen MR) is 96.3 cm³/mol. The van der Waals surface area contributed by atoms with Gasteiger partial charge in [0.1, 0.15) is 5.69 Å². The van der Waals surface area contributed by atoms with Crippen LogP contribution >= 0.6 is 0 Å². The highest BCUT2D eigenvalue weighted by Gasteiger charge is 2.25. The van der Waals surface area contributed by atoms with Crippen LogP contribution in [0.1, 0.15) is 10.5 Å². The van der Waals surface area contributed by atoms with Crippen LogP contribution in [0.4, 0.5) is 0 Å². The maximum absolute atomic E-state index is 12.3. The van der Waals surface area contributed by atoms with Gasteiger partial charge in [-0.1, -0.05) is 12.1 Å². The Balaban J connectivity index is 2.24. The molecule has 7 nitrogen and oxygen atoms in total. The first-order valence-corrected chi connectivity index (χ1v) is 9.58. The van der Waals surface area contributed by atoms with E-state index in [-0.39, 0.29) is 4.90 Å². The minimum atomic E-state index is -3.29. The normalized spacial score (nSPS) is 11.3. The number of esters is 1. The molecule has 0 bridgehead atoms. The van der Waals surface area contributed by atoms with Gasteiger partial charge in [0, 0.05) is 36.8 Å². The molecule has 2 heterocycles. The second-order valence-corrected chi connectivity index (χ2v) is 7.74. The Morgan fingerprint density at radius 3 is 2.19 bits per heavy atom. The average Bonchev–Trinajstić information content (AvgIpc) is 2.98. The molecule has 0 saturated carbocycles. The van der Waals surface area contributed by atoms with E-state index in [0.29, 0.717) is 22.5 Å². The van der Waals surface area contributed by atoms with Crippen LogP contribution in [0.15, 0.2) is 53.7 Å². The summed E-state index contributed by atoms with van der Waals surface area (Å²) in [7, 11) is -0.323. The topological polar surface area (TPSA) is 91.2 Å². The SMILES string of the molecule is COC(=O)c1c(-c2ccncc2)c(-c2ccc(S(C)(=O)=O)cc2)nn1C. The van der Waals surface area contributed by atoms with E-state index in [4.69, 9.17) is 4.74 Å². The summed E-state index contributed by atoms with van der Waals surface area (Å²) in [5, 5.41) is 4.46. The molecule has 2 aromatic heterocycles. The summed E-state index contributed by atoms with van der Waals surface area (Å²) in [6.45, 7) is 0. The molecular formula is C18H17N3O4S. The van der Waals surface area contributed by atoms with E-state index in [2.05, 4.69) is 10.1 Å². The monoisotopic (exact) mass is 371 g/mol. The van der Waals surface area contributed by atoms with Crippen LogP contribution in [0, 0.1) is 0 Å². The fourth-order valence-corrected chi connectivity index (χ4v) is 3.34. The third-order valence-electron chi connectivity index (χ3n) is 3.95. The lowest BCUT2D eigenvalue weighted by Gasteiger charge is -2.06. The molecule has 8 heteroatoms. The van der Waals surface area contributed by atoms with E-state index in [1.807, 2.05) is 0 Å². The molecule has 3 aromatic rings. The molecule has 0 aliphatic carbocycles. The molecule has 0 saturated heterocycles. The first kappa shape index (κ1) is 17.8. The lowest BCUT2D eigenvalue weighted by atomic mass is 9.99. The number of sulfone groups is 1. The lowest BCUT2D eigenvalue weighted by molar-refractivity contribution is 0.0589. The number of aromatic nitrogens is 3. The van der Waals surface area contributed by atoms with Crippen LogP contribution in [0.5, 0.6) is 0 Å². The Kier molecular flexibility index (Phi) is 4.60. The highest BCUT2D eigenvalue weighted by atomic mass is 32.2. The van der Waals surface area contributed by atoms with Gasteiger partial charge in [0.15, 0.2) is 15.5 Å². The third-order valence-corrected chi connectivity index (χ3v) is 5.08. The molecule has 0 spiro atoms.